The second kappa shape index (κ2) is 7.04. The lowest BCUT2D eigenvalue weighted by Gasteiger charge is -2.21. The summed E-state index contributed by atoms with van der Waals surface area (Å²) >= 11 is 0. The summed E-state index contributed by atoms with van der Waals surface area (Å²) in [7, 11) is 0. The van der Waals surface area contributed by atoms with Crippen molar-refractivity contribution in [1.82, 2.24) is 5.06 Å². The van der Waals surface area contributed by atoms with Crippen molar-refractivity contribution in [2.24, 2.45) is 0 Å². The molecule has 0 fully saturated rings. The monoisotopic (exact) mass is 248 g/mol. The van der Waals surface area contributed by atoms with Crippen molar-refractivity contribution < 1.29 is 19.5 Å². The predicted octanol–water partition coefficient (Wildman–Crippen LogP) is 0.943. The van der Waals surface area contributed by atoms with Gasteiger partial charge in [0, 0.05) is 0 Å². The van der Waals surface area contributed by atoms with Crippen LogP contribution in [0.1, 0.15) is 12.0 Å². The number of hydrogen-bond acceptors (Lipinski definition) is 4. The van der Waals surface area contributed by atoms with Gasteiger partial charge in [0.25, 0.3) is 0 Å². The van der Waals surface area contributed by atoms with Crippen molar-refractivity contribution in [2.75, 3.05) is 0 Å². The molecular formula is C12H12N2O4. The molecule has 0 spiro atoms. The van der Waals surface area contributed by atoms with Crippen LogP contribution in [0.25, 0.3) is 0 Å². The van der Waals surface area contributed by atoms with E-state index in [-0.39, 0.29) is 19.4 Å². The van der Waals surface area contributed by atoms with E-state index >= 15 is 0 Å². The molecule has 1 rings (SSSR count). The number of carboxylic acid groups (broad SMARTS) is 1. The number of nitrogens with zero attached hydrogens (tertiary/aromatic N) is 2. The van der Waals surface area contributed by atoms with Crippen LogP contribution >= 0.6 is 0 Å². The van der Waals surface area contributed by atoms with Gasteiger partial charge in [0.15, 0.2) is 6.04 Å². The predicted molar refractivity (Wildman–Crippen MR) is 60.8 cm³/mol. The summed E-state index contributed by atoms with van der Waals surface area (Å²) in [4.78, 5) is 26.7. The molecule has 0 saturated heterocycles. The van der Waals surface area contributed by atoms with E-state index in [9.17, 15) is 9.59 Å². The van der Waals surface area contributed by atoms with E-state index in [1.165, 1.54) is 0 Å². The third-order valence-corrected chi connectivity index (χ3v) is 2.20. The standard InChI is InChI=1S/C12H12N2O4/c13-7-6-11(12(16)17)14(9-15)18-8-10-4-2-1-3-5-10/h1-5,9,11H,6,8H2,(H,16,17). The van der Waals surface area contributed by atoms with E-state index in [2.05, 4.69) is 0 Å². The molecule has 1 aromatic carbocycles. The van der Waals surface area contributed by atoms with Crippen LogP contribution in [0.3, 0.4) is 0 Å². The molecule has 0 radical (unpaired) electrons. The van der Waals surface area contributed by atoms with Crippen LogP contribution in [0.5, 0.6) is 0 Å². The van der Waals surface area contributed by atoms with Crippen molar-refractivity contribution in [3.05, 3.63) is 35.9 Å². The second-order valence-corrected chi connectivity index (χ2v) is 3.44. The lowest BCUT2D eigenvalue weighted by atomic mass is 10.2. The lowest BCUT2D eigenvalue weighted by molar-refractivity contribution is -0.200. The molecule has 94 valence electrons. The third-order valence-electron chi connectivity index (χ3n) is 2.20. The van der Waals surface area contributed by atoms with E-state index in [0.717, 1.165) is 5.56 Å². The molecule has 0 bridgehead atoms. The quantitative estimate of drug-likeness (QED) is 0.573. The van der Waals surface area contributed by atoms with Gasteiger partial charge in [0.2, 0.25) is 6.41 Å². The van der Waals surface area contributed by atoms with Gasteiger partial charge < -0.3 is 5.11 Å². The number of carbonyl (C=O) groups excluding carboxylic acids is 1. The zero-order chi connectivity index (χ0) is 13.4. The van der Waals surface area contributed by atoms with Crippen molar-refractivity contribution in [1.29, 1.82) is 5.26 Å². The molecule has 0 saturated carbocycles. The van der Waals surface area contributed by atoms with Gasteiger partial charge in [-0.3, -0.25) is 9.63 Å². The van der Waals surface area contributed by atoms with Crippen LogP contribution in [-0.4, -0.2) is 28.6 Å². The van der Waals surface area contributed by atoms with Gasteiger partial charge in [0.1, 0.15) is 6.61 Å². The molecule has 0 aromatic heterocycles. The van der Waals surface area contributed by atoms with Gasteiger partial charge in [-0.15, -0.1) is 0 Å². The van der Waals surface area contributed by atoms with E-state index < -0.39 is 12.0 Å². The van der Waals surface area contributed by atoms with Gasteiger partial charge in [0.05, 0.1) is 12.5 Å². The summed E-state index contributed by atoms with van der Waals surface area (Å²) in [5.74, 6) is -1.28. The van der Waals surface area contributed by atoms with Gasteiger partial charge in [-0.2, -0.15) is 5.26 Å². The van der Waals surface area contributed by atoms with Gasteiger partial charge in [-0.05, 0) is 5.56 Å². The van der Waals surface area contributed by atoms with Crippen molar-refractivity contribution in [3.8, 4) is 6.07 Å². The molecule has 1 unspecified atom stereocenters. The van der Waals surface area contributed by atoms with Crippen LogP contribution in [0.2, 0.25) is 0 Å². The first-order valence-corrected chi connectivity index (χ1v) is 5.19. The van der Waals surface area contributed by atoms with Crippen LogP contribution < -0.4 is 0 Å². The molecule has 18 heavy (non-hydrogen) atoms. The minimum atomic E-state index is -1.30. The lowest BCUT2D eigenvalue weighted by Crippen LogP contribution is -2.40. The zero-order valence-electron chi connectivity index (χ0n) is 9.52. The number of rotatable bonds is 7. The first kappa shape index (κ1) is 13.7. The Kier molecular flexibility index (Phi) is 5.35. The SMILES string of the molecule is N#CCC(C(=O)O)N(C=O)OCc1ccccc1. The van der Waals surface area contributed by atoms with E-state index in [1.807, 2.05) is 6.07 Å². The van der Waals surface area contributed by atoms with Crippen LogP contribution in [0, 0.1) is 11.3 Å². The Hall–Kier alpha value is -2.39. The maximum atomic E-state index is 10.9. The van der Waals surface area contributed by atoms with E-state index in [1.54, 1.807) is 30.3 Å². The van der Waals surface area contributed by atoms with Crippen molar-refractivity contribution >= 4 is 12.4 Å². The maximum absolute atomic E-state index is 10.9. The molecule has 1 amide bonds. The summed E-state index contributed by atoms with van der Waals surface area (Å²) in [6.45, 7) is 0.0643. The molecule has 1 atom stereocenters. The smallest absolute Gasteiger partial charge is 0.330 e. The fourth-order valence-corrected chi connectivity index (χ4v) is 1.29. The van der Waals surface area contributed by atoms with Gasteiger partial charge in [-0.1, -0.05) is 30.3 Å². The van der Waals surface area contributed by atoms with E-state index in [4.69, 9.17) is 15.2 Å². The largest absolute Gasteiger partial charge is 0.480 e. The minimum Gasteiger partial charge on any atom is -0.480 e. The molecule has 6 nitrogen and oxygen atoms in total. The zero-order valence-corrected chi connectivity index (χ0v) is 9.52. The molecular weight excluding hydrogens is 236 g/mol. The molecule has 0 heterocycles. The Morgan fingerprint density at radius 3 is 2.67 bits per heavy atom. The first-order valence-electron chi connectivity index (χ1n) is 5.19. The Bertz CT molecular complexity index is 441. The number of benzene rings is 1. The Morgan fingerprint density at radius 1 is 1.50 bits per heavy atom. The first-order chi connectivity index (χ1) is 8.69. The summed E-state index contributed by atoms with van der Waals surface area (Å²) in [6, 6.07) is 9.40. The number of carbonyl (C=O) groups is 2. The summed E-state index contributed by atoms with van der Waals surface area (Å²) in [6.07, 6.45) is -0.0675. The summed E-state index contributed by atoms with van der Waals surface area (Å²) < 4.78 is 0. The number of nitriles is 1. The number of amides is 1. The highest BCUT2D eigenvalue weighted by Crippen LogP contribution is 2.07. The summed E-state index contributed by atoms with van der Waals surface area (Å²) in [5, 5.41) is 18.0. The average Bonchev–Trinajstić information content (AvgIpc) is 2.39. The number of carboxylic acids is 1. The minimum absolute atomic E-state index is 0.0643. The van der Waals surface area contributed by atoms with Crippen molar-refractivity contribution in [2.45, 2.75) is 19.1 Å². The number of hydrogen-bond donors (Lipinski definition) is 1. The van der Waals surface area contributed by atoms with Crippen LogP contribution in [0.4, 0.5) is 0 Å². The molecule has 0 aliphatic heterocycles. The van der Waals surface area contributed by atoms with Crippen molar-refractivity contribution in [3.63, 3.8) is 0 Å². The van der Waals surface area contributed by atoms with Gasteiger partial charge >= 0.3 is 5.97 Å². The highest BCUT2D eigenvalue weighted by molar-refractivity contribution is 5.76. The highest BCUT2D eigenvalue weighted by Gasteiger charge is 2.25. The molecule has 0 aliphatic carbocycles. The fraction of sp³-hybridized carbons (Fsp3) is 0.250. The normalized spacial score (nSPS) is 11.3. The third kappa shape index (κ3) is 3.88. The fourth-order valence-electron chi connectivity index (χ4n) is 1.29. The Labute approximate surface area is 104 Å². The molecule has 1 N–H and O–H groups in total. The van der Waals surface area contributed by atoms with E-state index in [0.29, 0.717) is 5.06 Å². The Balaban J connectivity index is 2.64. The molecule has 0 aliphatic rings. The molecule has 1 aromatic rings. The number of hydroxylamine groups is 2. The Morgan fingerprint density at radius 2 is 2.17 bits per heavy atom. The highest BCUT2D eigenvalue weighted by atomic mass is 16.7. The van der Waals surface area contributed by atoms with Gasteiger partial charge in [-0.25, -0.2) is 9.86 Å². The molecule has 6 heteroatoms. The number of aliphatic carboxylic acids is 1. The summed E-state index contributed by atoms with van der Waals surface area (Å²) in [5.41, 5.74) is 0.797. The maximum Gasteiger partial charge on any atom is 0.330 e. The van der Waals surface area contributed by atoms with Crippen LogP contribution in [-0.2, 0) is 21.0 Å². The average molecular weight is 248 g/mol. The van der Waals surface area contributed by atoms with Crippen LogP contribution in [0.15, 0.2) is 30.3 Å². The second-order valence-electron chi connectivity index (χ2n) is 3.44. The topological polar surface area (TPSA) is 90.6 Å².